The van der Waals surface area contributed by atoms with Crippen molar-refractivity contribution in [3.8, 4) is 11.5 Å². The molecule has 4 aromatic rings. The molecule has 0 spiro atoms. The van der Waals surface area contributed by atoms with Crippen LogP contribution in [-0.2, 0) is 14.8 Å². The number of anilines is 2. The molecule has 4 rings (SSSR count). The zero-order chi connectivity index (χ0) is 24.8. The van der Waals surface area contributed by atoms with Crippen LogP contribution in [0.15, 0.2) is 108 Å². The van der Waals surface area contributed by atoms with Crippen LogP contribution in [0.2, 0.25) is 5.02 Å². The number of halogens is 1. The summed E-state index contributed by atoms with van der Waals surface area (Å²) in [6.07, 6.45) is 0. The second-order valence-electron chi connectivity index (χ2n) is 7.69. The number of nitrogens with one attached hydrogen (secondary N) is 1. The summed E-state index contributed by atoms with van der Waals surface area (Å²) in [6, 6.07) is 28.9. The molecule has 178 valence electrons. The van der Waals surface area contributed by atoms with Gasteiger partial charge in [0.2, 0.25) is 5.91 Å². The van der Waals surface area contributed by atoms with E-state index in [0.717, 1.165) is 4.31 Å². The largest absolute Gasteiger partial charge is 0.457 e. The second-order valence-corrected chi connectivity index (χ2v) is 9.96. The van der Waals surface area contributed by atoms with Crippen LogP contribution in [0.1, 0.15) is 5.56 Å². The van der Waals surface area contributed by atoms with Crippen molar-refractivity contribution in [2.75, 3.05) is 16.2 Å². The Morgan fingerprint density at radius 2 is 1.43 bits per heavy atom. The van der Waals surface area contributed by atoms with Crippen LogP contribution in [0.25, 0.3) is 0 Å². The molecule has 0 aromatic heterocycles. The van der Waals surface area contributed by atoms with Gasteiger partial charge in [-0.15, -0.1) is 0 Å². The van der Waals surface area contributed by atoms with Gasteiger partial charge in [0.1, 0.15) is 18.0 Å². The number of para-hydroxylation sites is 1. The first-order chi connectivity index (χ1) is 16.8. The second kappa shape index (κ2) is 10.6. The van der Waals surface area contributed by atoms with Gasteiger partial charge in [-0.3, -0.25) is 9.10 Å². The minimum absolute atomic E-state index is 0.0800. The van der Waals surface area contributed by atoms with E-state index in [0.29, 0.717) is 33.5 Å². The maximum absolute atomic E-state index is 13.5. The molecule has 0 atom stereocenters. The Kier molecular flexibility index (Phi) is 7.39. The predicted molar refractivity (Wildman–Crippen MR) is 139 cm³/mol. The molecule has 1 N–H and O–H groups in total. The summed E-state index contributed by atoms with van der Waals surface area (Å²) in [6.45, 7) is 1.35. The van der Waals surface area contributed by atoms with E-state index in [1.165, 1.54) is 12.1 Å². The number of hydrogen-bond acceptors (Lipinski definition) is 4. The first kappa shape index (κ1) is 24.3. The minimum Gasteiger partial charge on any atom is -0.457 e. The van der Waals surface area contributed by atoms with Gasteiger partial charge in [-0.05, 0) is 73.2 Å². The standard InChI is InChI=1S/C27H23ClN2O4S/c1-20-25(28)13-8-14-26(20)29-27(31)19-30(35(32,33)24-11-6-3-7-12-24)21-15-17-23(18-16-21)34-22-9-4-2-5-10-22/h2-18H,19H2,1H3,(H,29,31). The molecule has 0 aliphatic rings. The van der Waals surface area contributed by atoms with Crippen molar-refractivity contribution in [1.29, 1.82) is 0 Å². The highest BCUT2D eigenvalue weighted by Crippen LogP contribution is 2.28. The quantitative estimate of drug-likeness (QED) is 0.305. The number of ether oxygens (including phenoxy) is 1. The van der Waals surface area contributed by atoms with Crippen LogP contribution < -0.4 is 14.4 Å². The maximum Gasteiger partial charge on any atom is 0.264 e. The van der Waals surface area contributed by atoms with Crippen molar-refractivity contribution in [2.24, 2.45) is 0 Å². The molecule has 4 aromatic carbocycles. The molecule has 8 heteroatoms. The van der Waals surface area contributed by atoms with Gasteiger partial charge < -0.3 is 10.1 Å². The Morgan fingerprint density at radius 1 is 0.829 bits per heavy atom. The molecule has 0 heterocycles. The number of rotatable bonds is 8. The van der Waals surface area contributed by atoms with Crippen molar-refractivity contribution >= 4 is 38.9 Å². The molecule has 6 nitrogen and oxygen atoms in total. The van der Waals surface area contributed by atoms with Crippen molar-refractivity contribution in [1.82, 2.24) is 0 Å². The Balaban J connectivity index is 1.63. The number of carbonyl (C=O) groups is 1. The normalized spacial score (nSPS) is 11.0. The Labute approximate surface area is 209 Å². The third kappa shape index (κ3) is 5.82. The highest BCUT2D eigenvalue weighted by Gasteiger charge is 2.27. The highest BCUT2D eigenvalue weighted by atomic mass is 35.5. The number of amides is 1. The van der Waals surface area contributed by atoms with Gasteiger partial charge in [0.25, 0.3) is 10.0 Å². The number of carbonyl (C=O) groups excluding carboxylic acids is 1. The van der Waals surface area contributed by atoms with Crippen LogP contribution in [0.3, 0.4) is 0 Å². The molecule has 0 unspecified atom stereocenters. The zero-order valence-electron chi connectivity index (χ0n) is 18.9. The highest BCUT2D eigenvalue weighted by molar-refractivity contribution is 7.92. The molecule has 0 aliphatic heterocycles. The lowest BCUT2D eigenvalue weighted by Gasteiger charge is -2.24. The molecule has 1 amide bonds. The van der Waals surface area contributed by atoms with Crippen LogP contribution in [0, 0.1) is 6.92 Å². The average molecular weight is 507 g/mol. The maximum atomic E-state index is 13.5. The summed E-state index contributed by atoms with van der Waals surface area (Å²) in [5.41, 5.74) is 1.54. The Bertz CT molecular complexity index is 1410. The third-order valence-electron chi connectivity index (χ3n) is 5.26. The molecular formula is C27H23ClN2O4S. The lowest BCUT2D eigenvalue weighted by Crippen LogP contribution is -2.38. The number of sulfonamides is 1. The van der Waals surface area contributed by atoms with Gasteiger partial charge in [0, 0.05) is 10.7 Å². The minimum atomic E-state index is -4.03. The Hall–Kier alpha value is -3.81. The number of benzene rings is 4. The number of nitrogens with zero attached hydrogens (tertiary/aromatic N) is 1. The third-order valence-corrected chi connectivity index (χ3v) is 7.46. The van der Waals surface area contributed by atoms with E-state index in [-0.39, 0.29) is 4.90 Å². The van der Waals surface area contributed by atoms with Crippen LogP contribution >= 0.6 is 11.6 Å². The van der Waals surface area contributed by atoms with Gasteiger partial charge in [0.05, 0.1) is 10.6 Å². The molecule has 0 bridgehead atoms. The summed E-state index contributed by atoms with van der Waals surface area (Å²) in [7, 11) is -4.03. The first-order valence-corrected chi connectivity index (χ1v) is 12.6. The van der Waals surface area contributed by atoms with Gasteiger partial charge in [-0.1, -0.05) is 54.1 Å². The molecular weight excluding hydrogens is 484 g/mol. The summed E-state index contributed by atoms with van der Waals surface area (Å²) in [4.78, 5) is 13.0. The van der Waals surface area contributed by atoms with Crippen molar-refractivity contribution < 1.29 is 17.9 Å². The number of hydrogen-bond donors (Lipinski definition) is 1. The zero-order valence-corrected chi connectivity index (χ0v) is 20.5. The SMILES string of the molecule is Cc1c(Cl)cccc1NC(=O)CN(c1ccc(Oc2ccccc2)cc1)S(=O)(=O)c1ccccc1. The predicted octanol–water partition coefficient (Wildman–Crippen LogP) is 6.27. The van der Waals surface area contributed by atoms with Gasteiger partial charge >= 0.3 is 0 Å². The van der Waals surface area contributed by atoms with Crippen LogP contribution in [0.4, 0.5) is 11.4 Å². The van der Waals surface area contributed by atoms with E-state index in [1.807, 2.05) is 30.3 Å². The summed E-state index contributed by atoms with van der Waals surface area (Å²) in [5, 5.41) is 3.27. The van der Waals surface area contributed by atoms with Crippen molar-refractivity contribution in [3.63, 3.8) is 0 Å². The fourth-order valence-corrected chi connectivity index (χ4v) is 5.02. The molecule has 0 aliphatic carbocycles. The smallest absolute Gasteiger partial charge is 0.264 e. The van der Waals surface area contributed by atoms with E-state index in [9.17, 15) is 13.2 Å². The average Bonchev–Trinajstić information content (AvgIpc) is 2.87. The molecule has 0 radical (unpaired) electrons. The van der Waals surface area contributed by atoms with E-state index >= 15 is 0 Å². The summed E-state index contributed by atoms with van der Waals surface area (Å²) < 4.78 is 33.9. The van der Waals surface area contributed by atoms with Crippen molar-refractivity contribution in [3.05, 3.63) is 114 Å². The van der Waals surface area contributed by atoms with E-state index < -0.39 is 22.5 Å². The lowest BCUT2D eigenvalue weighted by atomic mass is 10.2. The Morgan fingerprint density at radius 3 is 2.09 bits per heavy atom. The molecule has 0 saturated heterocycles. The van der Waals surface area contributed by atoms with Gasteiger partial charge in [0.15, 0.2) is 0 Å². The summed E-state index contributed by atoms with van der Waals surface area (Å²) in [5.74, 6) is 0.695. The monoisotopic (exact) mass is 506 g/mol. The topological polar surface area (TPSA) is 75.7 Å². The van der Waals surface area contributed by atoms with E-state index in [1.54, 1.807) is 67.6 Å². The molecule has 0 saturated carbocycles. The fourth-order valence-electron chi connectivity index (χ4n) is 3.40. The van der Waals surface area contributed by atoms with Gasteiger partial charge in [-0.25, -0.2) is 8.42 Å². The van der Waals surface area contributed by atoms with E-state index in [2.05, 4.69) is 5.32 Å². The fraction of sp³-hybridized carbons (Fsp3) is 0.0741. The van der Waals surface area contributed by atoms with E-state index in [4.69, 9.17) is 16.3 Å². The van der Waals surface area contributed by atoms with Crippen LogP contribution in [-0.4, -0.2) is 20.9 Å². The van der Waals surface area contributed by atoms with Gasteiger partial charge in [-0.2, -0.15) is 0 Å². The molecule has 35 heavy (non-hydrogen) atoms. The summed E-state index contributed by atoms with van der Waals surface area (Å²) >= 11 is 6.15. The molecule has 0 fully saturated rings. The lowest BCUT2D eigenvalue weighted by molar-refractivity contribution is -0.114. The van der Waals surface area contributed by atoms with Crippen LogP contribution in [0.5, 0.6) is 11.5 Å². The first-order valence-electron chi connectivity index (χ1n) is 10.8. The van der Waals surface area contributed by atoms with Crippen molar-refractivity contribution in [2.45, 2.75) is 11.8 Å².